The predicted molar refractivity (Wildman–Crippen MR) is 133 cm³/mol. The summed E-state index contributed by atoms with van der Waals surface area (Å²) in [4.78, 5) is 2.52. The number of aryl methyl sites for hydroxylation is 2. The third-order valence-corrected chi connectivity index (χ3v) is 8.36. The Morgan fingerprint density at radius 3 is 2.32 bits per heavy atom. The van der Waals surface area contributed by atoms with Crippen LogP contribution in [0.2, 0.25) is 0 Å². The predicted octanol–water partition coefficient (Wildman–Crippen LogP) is 5.31. The number of methoxy groups -OCH3 is 1. The summed E-state index contributed by atoms with van der Waals surface area (Å²) in [6.07, 6.45) is 1.30. The van der Waals surface area contributed by atoms with E-state index in [2.05, 4.69) is 4.90 Å². The third kappa shape index (κ3) is 5.10. The molecule has 0 aliphatic carbocycles. The van der Waals surface area contributed by atoms with Crippen molar-refractivity contribution in [3.63, 3.8) is 0 Å². The summed E-state index contributed by atoms with van der Waals surface area (Å²) in [7, 11) is -2.19. The number of hydrogen-bond acceptors (Lipinski definition) is 4. The van der Waals surface area contributed by atoms with Crippen LogP contribution in [0.3, 0.4) is 0 Å². The highest BCUT2D eigenvalue weighted by molar-refractivity contribution is 7.92. The maximum absolute atomic E-state index is 14.5. The van der Waals surface area contributed by atoms with Crippen LogP contribution in [0.4, 0.5) is 10.1 Å². The number of para-hydroxylation sites is 1. The van der Waals surface area contributed by atoms with E-state index in [-0.39, 0.29) is 10.9 Å². The van der Waals surface area contributed by atoms with Gasteiger partial charge in [-0.1, -0.05) is 42.0 Å². The van der Waals surface area contributed by atoms with Gasteiger partial charge < -0.3 is 4.74 Å². The van der Waals surface area contributed by atoms with Gasteiger partial charge in [-0.2, -0.15) is 0 Å². The molecule has 0 radical (unpaired) electrons. The maximum atomic E-state index is 14.5. The minimum absolute atomic E-state index is 0.218. The Morgan fingerprint density at radius 1 is 1.00 bits per heavy atom. The number of benzene rings is 3. The summed E-state index contributed by atoms with van der Waals surface area (Å²) < 4.78 is 48.9. The van der Waals surface area contributed by atoms with Gasteiger partial charge in [0.1, 0.15) is 11.6 Å². The van der Waals surface area contributed by atoms with Gasteiger partial charge in [0.25, 0.3) is 10.0 Å². The molecule has 1 heterocycles. The number of piperidine rings is 1. The lowest BCUT2D eigenvalue weighted by atomic mass is 10.0. The van der Waals surface area contributed by atoms with Gasteiger partial charge in [-0.25, -0.2) is 12.8 Å². The zero-order chi connectivity index (χ0) is 24.3. The summed E-state index contributed by atoms with van der Waals surface area (Å²) in [6.45, 7) is 5.80. The molecule has 1 aliphatic rings. The maximum Gasteiger partial charge on any atom is 0.264 e. The van der Waals surface area contributed by atoms with E-state index in [1.165, 1.54) is 10.4 Å². The van der Waals surface area contributed by atoms with Crippen LogP contribution in [0.5, 0.6) is 5.75 Å². The summed E-state index contributed by atoms with van der Waals surface area (Å²) in [5.41, 5.74) is 2.94. The highest BCUT2D eigenvalue weighted by Crippen LogP contribution is 2.32. The first kappa shape index (κ1) is 24.2. The van der Waals surface area contributed by atoms with E-state index in [0.29, 0.717) is 24.1 Å². The van der Waals surface area contributed by atoms with Crippen LogP contribution in [-0.2, 0) is 16.6 Å². The molecule has 1 aliphatic heterocycles. The van der Waals surface area contributed by atoms with Crippen LogP contribution < -0.4 is 9.04 Å². The van der Waals surface area contributed by atoms with E-state index in [4.69, 9.17) is 4.74 Å². The Morgan fingerprint density at radius 2 is 1.68 bits per heavy atom. The fourth-order valence-corrected chi connectivity index (χ4v) is 6.18. The van der Waals surface area contributed by atoms with Crippen molar-refractivity contribution in [1.82, 2.24) is 4.90 Å². The molecule has 0 atom stereocenters. The average molecular weight is 483 g/mol. The van der Waals surface area contributed by atoms with E-state index < -0.39 is 15.8 Å². The van der Waals surface area contributed by atoms with Crippen LogP contribution in [0.25, 0.3) is 0 Å². The number of hydrogen-bond donors (Lipinski definition) is 0. The molecule has 0 saturated carbocycles. The van der Waals surface area contributed by atoms with Crippen molar-refractivity contribution in [3.05, 3.63) is 89.2 Å². The number of likely N-dealkylation sites (tertiary alicyclic amines) is 1. The second kappa shape index (κ2) is 10.2. The third-order valence-electron chi connectivity index (χ3n) is 6.46. The van der Waals surface area contributed by atoms with Crippen molar-refractivity contribution in [2.45, 2.75) is 44.2 Å². The molecule has 5 nitrogen and oxygen atoms in total. The lowest BCUT2D eigenvalue weighted by molar-refractivity contribution is 0.204. The fourth-order valence-electron chi connectivity index (χ4n) is 4.47. The molecule has 0 unspecified atom stereocenters. The number of ether oxygens (including phenoxy) is 1. The fraction of sp³-hybridized carbons (Fsp3) is 0.333. The van der Waals surface area contributed by atoms with Gasteiger partial charge in [-0.15, -0.1) is 0 Å². The van der Waals surface area contributed by atoms with Crippen molar-refractivity contribution in [3.8, 4) is 5.75 Å². The molecular weight excluding hydrogens is 451 g/mol. The quantitative estimate of drug-likeness (QED) is 0.458. The monoisotopic (exact) mass is 482 g/mol. The lowest BCUT2D eigenvalue weighted by Gasteiger charge is -2.39. The smallest absolute Gasteiger partial charge is 0.264 e. The van der Waals surface area contributed by atoms with Crippen LogP contribution >= 0.6 is 0 Å². The first-order valence-electron chi connectivity index (χ1n) is 11.5. The molecule has 3 aromatic carbocycles. The van der Waals surface area contributed by atoms with E-state index in [0.717, 1.165) is 36.5 Å². The van der Waals surface area contributed by atoms with E-state index in [1.807, 2.05) is 31.2 Å². The van der Waals surface area contributed by atoms with Gasteiger partial charge in [0.15, 0.2) is 0 Å². The molecule has 0 spiro atoms. The minimum Gasteiger partial charge on any atom is -0.496 e. The zero-order valence-electron chi connectivity index (χ0n) is 19.9. The number of nitrogens with zero attached hydrogens (tertiary/aromatic N) is 2. The molecule has 4 rings (SSSR count). The van der Waals surface area contributed by atoms with Gasteiger partial charge in [0.05, 0.1) is 17.7 Å². The van der Waals surface area contributed by atoms with Crippen LogP contribution in [-0.4, -0.2) is 39.6 Å². The first-order chi connectivity index (χ1) is 16.3. The Bertz CT molecular complexity index is 1240. The normalized spacial score (nSPS) is 15.3. The lowest BCUT2D eigenvalue weighted by Crippen LogP contribution is -2.47. The molecule has 1 saturated heterocycles. The van der Waals surface area contributed by atoms with Crippen LogP contribution in [0.15, 0.2) is 71.6 Å². The first-order valence-corrected chi connectivity index (χ1v) is 12.9. The van der Waals surface area contributed by atoms with E-state index in [1.54, 1.807) is 50.4 Å². The van der Waals surface area contributed by atoms with E-state index >= 15 is 0 Å². The molecule has 1 fully saturated rings. The Kier molecular flexibility index (Phi) is 7.24. The van der Waals surface area contributed by atoms with Crippen molar-refractivity contribution in [2.75, 3.05) is 24.5 Å². The minimum atomic E-state index is -3.86. The van der Waals surface area contributed by atoms with Crippen LogP contribution in [0, 0.1) is 19.7 Å². The second-order valence-electron chi connectivity index (χ2n) is 8.87. The van der Waals surface area contributed by atoms with Crippen LogP contribution in [0.1, 0.15) is 29.5 Å². The Hall–Kier alpha value is -2.90. The summed E-state index contributed by atoms with van der Waals surface area (Å²) >= 11 is 0. The second-order valence-corrected chi connectivity index (χ2v) is 10.7. The highest BCUT2D eigenvalue weighted by atomic mass is 32.2. The van der Waals surface area contributed by atoms with Gasteiger partial charge in [0.2, 0.25) is 0 Å². The Balaban J connectivity index is 1.60. The molecular formula is C27H31FN2O3S. The molecule has 0 N–H and O–H groups in total. The molecule has 180 valence electrons. The number of halogens is 1. The van der Waals surface area contributed by atoms with Gasteiger partial charge in [-0.3, -0.25) is 9.21 Å². The summed E-state index contributed by atoms with van der Waals surface area (Å²) in [6, 6.07) is 19.2. The van der Waals surface area contributed by atoms with Gasteiger partial charge in [-0.05, 0) is 62.6 Å². The molecule has 3 aromatic rings. The van der Waals surface area contributed by atoms with E-state index in [9.17, 15) is 12.8 Å². The standard InChI is InChI=1S/C27H31FN2O3S/c1-20-8-12-25(13-9-20)34(31,32)30(24-11-10-21(2)26(28)18-24)23-14-16-29(17-15-23)19-22-6-4-5-7-27(22)33-3/h4-13,18,23H,14-17,19H2,1-3H3. The van der Waals surface area contributed by atoms with Gasteiger partial charge in [0, 0.05) is 31.2 Å². The zero-order valence-corrected chi connectivity index (χ0v) is 20.7. The largest absolute Gasteiger partial charge is 0.496 e. The Labute approximate surface area is 201 Å². The van der Waals surface area contributed by atoms with Crippen molar-refractivity contribution in [2.24, 2.45) is 0 Å². The average Bonchev–Trinajstić information content (AvgIpc) is 2.83. The topological polar surface area (TPSA) is 49.9 Å². The molecule has 0 bridgehead atoms. The van der Waals surface area contributed by atoms with Gasteiger partial charge >= 0.3 is 0 Å². The van der Waals surface area contributed by atoms with Crippen molar-refractivity contribution >= 4 is 15.7 Å². The van der Waals surface area contributed by atoms with Crippen molar-refractivity contribution < 1.29 is 17.5 Å². The summed E-state index contributed by atoms with van der Waals surface area (Å²) in [5, 5.41) is 0. The number of anilines is 1. The van der Waals surface area contributed by atoms with Crippen molar-refractivity contribution in [1.29, 1.82) is 0 Å². The number of sulfonamides is 1. The SMILES string of the molecule is COc1ccccc1CN1CCC(N(c2ccc(C)c(F)c2)S(=O)(=O)c2ccc(C)cc2)CC1. The number of rotatable bonds is 7. The molecule has 0 aromatic heterocycles. The molecule has 34 heavy (non-hydrogen) atoms. The highest BCUT2D eigenvalue weighted by Gasteiger charge is 2.34. The summed E-state index contributed by atoms with van der Waals surface area (Å²) in [5.74, 6) is 0.443. The molecule has 7 heteroatoms. The molecule has 0 amide bonds.